The standard InChI is InChI=1S/C5H3BOS/c6-5-2-1-4(3-7)8-5/h1-3H. The van der Waals surface area contributed by atoms with Crippen molar-refractivity contribution in [2.24, 2.45) is 0 Å². The minimum atomic E-state index is 0.683. The lowest BCUT2D eigenvalue weighted by atomic mass is 10.1. The maximum absolute atomic E-state index is 9.97. The molecule has 1 nitrogen and oxygen atoms in total. The lowest BCUT2D eigenvalue weighted by molar-refractivity contribution is 0.112. The van der Waals surface area contributed by atoms with E-state index in [1.165, 1.54) is 11.3 Å². The maximum atomic E-state index is 9.97. The Morgan fingerprint density at radius 2 is 2.38 bits per heavy atom. The third-order valence-corrected chi connectivity index (χ3v) is 1.60. The quantitative estimate of drug-likeness (QED) is 0.388. The molecule has 38 valence electrons. The highest BCUT2D eigenvalue weighted by Gasteiger charge is 1.89. The average molecular weight is 122 g/mol. The van der Waals surface area contributed by atoms with Gasteiger partial charge in [0.15, 0.2) is 6.29 Å². The zero-order valence-corrected chi connectivity index (χ0v) is 4.94. The van der Waals surface area contributed by atoms with E-state index < -0.39 is 0 Å². The van der Waals surface area contributed by atoms with Crippen LogP contribution in [0.15, 0.2) is 12.1 Å². The summed E-state index contributed by atoms with van der Waals surface area (Å²) in [6, 6.07) is 3.42. The normalized spacial score (nSPS) is 9.00. The summed E-state index contributed by atoms with van der Waals surface area (Å²) in [5.74, 6) is 0. The molecule has 0 aliphatic heterocycles. The predicted octanol–water partition coefficient (Wildman–Crippen LogP) is 0.354. The lowest BCUT2D eigenvalue weighted by Gasteiger charge is -1.71. The van der Waals surface area contributed by atoms with Crippen molar-refractivity contribution in [2.45, 2.75) is 0 Å². The molecule has 0 atom stereocenters. The van der Waals surface area contributed by atoms with Crippen molar-refractivity contribution >= 4 is 30.2 Å². The van der Waals surface area contributed by atoms with Gasteiger partial charge in [0, 0.05) is 0 Å². The van der Waals surface area contributed by atoms with E-state index in [-0.39, 0.29) is 0 Å². The predicted molar refractivity (Wildman–Crippen MR) is 35.1 cm³/mol. The average Bonchev–Trinajstić information content (AvgIpc) is 2.14. The van der Waals surface area contributed by atoms with Gasteiger partial charge in [0.2, 0.25) is 0 Å². The summed E-state index contributed by atoms with van der Waals surface area (Å²) < 4.78 is 0.687. The first kappa shape index (κ1) is 5.57. The number of thiophene rings is 1. The van der Waals surface area contributed by atoms with Crippen LogP contribution in [0.1, 0.15) is 9.67 Å². The Morgan fingerprint density at radius 1 is 1.62 bits per heavy atom. The van der Waals surface area contributed by atoms with E-state index in [1.54, 1.807) is 12.1 Å². The van der Waals surface area contributed by atoms with Crippen LogP contribution in [0.3, 0.4) is 0 Å². The summed E-state index contributed by atoms with van der Waals surface area (Å²) in [4.78, 5) is 10.7. The molecule has 1 aromatic heterocycles. The first-order valence-electron chi connectivity index (χ1n) is 2.13. The Balaban J connectivity index is 3.00. The van der Waals surface area contributed by atoms with Crippen molar-refractivity contribution in [3.05, 3.63) is 17.0 Å². The van der Waals surface area contributed by atoms with Gasteiger partial charge in [-0.05, 0) is 10.8 Å². The molecule has 0 saturated heterocycles. The Bertz CT molecular complexity index is 194. The molecule has 0 aliphatic carbocycles. The number of hydrogen-bond acceptors (Lipinski definition) is 2. The molecular formula is C5H3BOS. The number of aldehydes is 1. The Labute approximate surface area is 52.8 Å². The largest absolute Gasteiger partial charge is 0.297 e. The monoisotopic (exact) mass is 122 g/mol. The fourth-order valence-corrected chi connectivity index (χ4v) is 1.02. The van der Waals surface area contributed by atoms with Crippen LogP contribution in [0, 0.1) is 0 Å². The van der Waals surface area contributed by atoms with Gasteiger partial charge in [-0.15, -0.1) is 11.3 Å². The third kappa shape index (κ3) is 0.982. The summed E-state index contributed by atoms with van der Waals surface area (Å²) in [7, 11) is 5.31. The van der Waals surface area contributed by atoms with Crippen molar-refractivity contribution < 1.29 is 4.79 Å². The lowest BCUT2D eigenvalue weighted by Crippen LogP contribution is -1.88. The zero-order valence-electron chi connectivity index (χ0n) is 4.13. The van der Waals surface area contributed by atoms with Gasteiger partial charge >= 0.3 is 0 Å². The molecule has 0 fully saturated rings. The highest BCUT2D eigenvalue weighted by molar-refractivity contribution is 7.21. The summed E-state index contributed by atoms with van der Waals surface area (Å²) in [5.41, 5.74) is 0. The van der Waals surface area contributed by atoms with Crippen LogP contribution in [0.5, 0.6) is 0 Å². The number of hydrogen-bond donors (Lipinski definition) is 0. The summed E-state index contributed by atoms with van der Waals surface area (Å²) in [6.07, 6.45) is 0.793. The number of rotatable bonds is 1. The van der Waals surface area contributed by atoms with Gasteiger partial charge in [-0.2, -0.15) is 0 Å². The van der Waals surface area contributed by atoms with E-state index in [4.69, 9.17) is 7.85 Å². The van der Waals surface area contributed by atoms with Gasteiger partial charge in [-0.25, -0.2) is 0 Å². The number of carbonyl (C=O) groups is 1. The van der Waals surface area contributed by atoms with Gasteiger partial charge in [-0.1, -0.05) is 6.07 Å². The first-order chi connectivity index (χ1) is 3.83. The molecular weight excluding hydrogens is 119 g/mol. The van der Waals surface area contributed by atoms with Crippen LogP contribution in [-0.2, 0) is 0 Å². The van der Waals surface area contributed by atoms with E-state index in [2.05, 4.69) is 0 Å². The van der Waals surface area contributed by atoms with Crippen molar-refractivity contribution in [1.29, 1.82) is 0 Å². The summed E-state index contributed by atoms with van der Waals surface area (Å²) in [5, 5.41) is 0. The van der Waals surface area contributed by atoms with Crippen LogP contribution >= 0.6 is 11.3 Å². The summed E-state index contributed by atoms with van der Waals surface area (Å²) in [6.45, 7) is 0. The summed E-state index contributed by atoms with van der Waals surface area (Å²) >= 11 is 1.30. The van der Waals surface area contributed by atoms with Crippen molar-refractivity contribution in [1.82, 2.24) is 0 Å². The SMILES string of the molecule is [B]c1ccc(C=O)s1. The minimum absolute atomic E-state index is 0.683. The van der Waals surface area contributed by atoms with E-state index >= 15 is 0 Å². The van der Waals surface area contributed by atoms with Crippen LogP contribution in [0.25, 0.3) is 0 Å². The molecule has 0 N–H and O–H groups in total. The smallest absolute Gasteiger partial charge is 0.159 e. The molecule has 0 bridgehead atoms. The molecule has 8 heavy (non-hydrogen) atoms. The van der Waals surface area contributed by atoms with E-state index in [0.717, 1.165) is 6.29 Å². The third-order valence-electron chi connectivity index (χ3n) is 0.764. The highest BCUT2D eigenvalue weighted by atomic mass is 32.1. The van der Waals surface area contributed by atoms with Gasteiger partial charge in [0.05, 0.1) is 4.88 Å². The Morgan fingerprint density at radius 3 is 2.62 bits per heavy atom. The van der Waals surface area contributed by atoms with Crippen molar-refractivity contribution in [3.63, 3.8) is 0 Å². The van der Waals surface area contributed by atoms with Gasteiger partial charge < -0.3 is 0 Å². The molecule has 0 spiro atoms. The van der Waals surface area contributed by atoms with E-state index in [9.17, 15) is 4.79 Å². The van der Waals surface area contributed by atoms with Crippen LogP contribution < -0.4 is 4.78 Å². The second-order valence-corrected chi connectivity index (χ2v) is 2.50. The maximum Gasteiger partial charge on any atom is 0.159 e. The molecule has 0 saturated carbocycles. The molecule has 0 aliphatic rings. The molecule has 0 amide bonds. The van der Waals surface area contributed by atoms with Crippen molar-refractivity contribution in [2.75, 3.05) is 0 Å². The molecule has 0 aromatic carbocycles. The minimum Gasteiger partial charge on any atom is -0.297 e. The highest BCUT2D eigenvalue weighted by Crippen LogP contribution is 1.99. The van der Waals surface area contributed by atoms with E-state index in [0.29, 0.717) is 9.65 Å². The van der Waals surface area contributed by atoms with Gasteiger partial charge in [-0.3, -0.25) is 4.79 Å². The van der Waals surface area contributed by atoms with Crippen molar-refractivity contribution in [3.8, 4) is 0 Å². The first-order valence-corrected chi connectivity index (χ1v) is 2.95. The second kappa shape index (κ2) is 2.14. The van der Waals surface area contributed by atoms with Crippen LogP contribution in [-0.4, -0.2) is 14.1 Å². The fraction of sp³-hybridized carbons (Fsp3) is 0. The molecule has 1 rings (SSSR count). The molecule has 1 heterocycles. The molecule has 0 unspecified atom stereocenters. The number of carbonyl (C=O) groups excluding carboxylic acids is 1. The van der Waals surface area contributed by atoms with Crippen LogP contribution in [0.2, 0.25) is 0 Å². The topological polar surface area (TPSA) is 17.1 Å². The Kier molecular flexibility index (Phi) is 1.49. The second-order valence-electron chi connectivity index (χ2n) is 1.36. The molecule has 1 aromatic rings. The molecule has 2 radical (unpaired) electrons. The van der Waals surface area contributed by atoms with E-state index in [1.807, 2.05) is 0 Å². The zero-order chi connectivity index (χ0) is 5.98. The van der Waals surface area contributed by atoms with Gasteiger partial charge in [0.25, 0.3) is 0 Å². The van der Waals surface area contributed by atoms with Crippen LogP contribution in [0.4, 0.5) is 0 Å². The van der Waals surface area contributed by atoms with Gasteiger partial charge in [0.1, 0.15) is 7.85 Å². The Hall–Kier alpha value is -0.565. The molecule has 3 heteroatoms. The fourth-order valence-electron chi connectivity index (χ4n) is 0.432.